The lowest BCUT2D eigenvalue weighted by Gasteiger charge is -2.09. The van der Waals surface area contributed by atoms with Crippen LogP contribution in [0.2, 0.25) is 0 Å². The van der Waals surface area contributed by atoms with E-state index in [4.69, 9.17) is 4.74 Å². The minimum Gasteiger partial charge on any atom is -0.489 e. The zero-order valence-electron chi connectivity index (χ0n) is 15.5. The van der Waals surface area contributed by atoms with Gasteiger partial charge in [0, 0.05) is 19.0 Å². The van der Waals surface area contributed by atoms with Gasteiger partial charge in [-0.15, -0.1) is 0 Å². The Morgan fingerprint density at radius 3 is 2.42 bits per heavy atom. The Balaban J connectivity index is 1.31. The first-order chi connectivity index (χ1) is 12.7. The molecule has 0 atom stereocenters. The number of nitrogens with one attached hydrogen (secondary N) is 2. The van der Waals surface area contributed by atoms with Gasteiger partial charge in [0.25, 0.3) is 0 Å². The molecule has 1 saturated carbocycles. The maximum Gasteiger partial charge on any atom is 0.220 e. The van der Waals surface area contributed by atoms with E-state index in [1.165, 1.54) is 16.7 Å². The van der Waals surface area contributed by atoms with Gasteiger partial charge in [-0.25, -0.2) is 0 Å². The molecule has 0 spiro atoms. The zero-order chi connectivity index (χ0) is 18.2. The van der Waals surface area contributed by atoms with Gasteiger partial charge in [-0.2, -0.15) is 0 Å². The molecule has 1 aliphatic carbocycles. The van der Waals surface area contributed by atoms with Crippen LogP contribution in [0.15, 0.2) is 48.5 Å². The van der Waals surface area contributed by atoms with Gasteiger partial charge in [0.1, 0.15) is 12.4 Å². The van der Waals surface area contributed by atoms with Crippen LogP contribution in [-0.2, 0) is 17.9 Å². The third kappa shape index (κ3) is 6.52. The summed E-state index contributed by atoms with van der Waals surface area (Å²) in [6.07, 6.45) is 3.77. The van der Waals surface area contributed by atoms with Crippen molar-refractivity contribution < 1.29 is 9.53 Å². The number of amides is 1. The summed E-state index contributed by atoms with van der Waals surface area (Å²) in [5, 5.41) is 6.40. The van der Waals surface area contributed by atoms with E-state index in [9.17, 15) is 4.79 Å². The summed E-state index contributed by atoms with van der Waals surface area (Å²) in [7, 11) is 0. The normalized spacial score (nSPS) is 13.4. The summed E-state index contributed by atoms with van der Waals surface area (Å²) in [4.78, 5) is 11.6. The lowest BCUT2D eigenvalue weighted by molar-refractivity contribution is -0.121. The second kappa shape index (κ2) is 9.39. The van der Waals surface area contributed by atoms with Gasteiger partial charge >= 0.3 is 0 Å². The van der Waals surface area contributed by atoms with Crippen molar-refractivity contribution in [3.8, 4) is 5.75 Å². The van der Waals surface area contributed by atoms with E-state index < -0.39 is 0 Å². The molecule has 0 saturated heterocycles. The highest BCUT2D eigenvalue weighted by atomic mass is 16.5. The van der Waals surface area contributed by atoms with Gasteiger partial charge in [0.15, 0.2) is 0 Å². The number of carbonyl (C=O) groups is 1. The van der Waals surface area contributed by atoms with E-state index in [0.29, 0.717) is 19.1 Å². The van der Waals surface area contributed by atoms with Crippen LogP contribution >= 0.6 is 0 Å². The van der Waals surface area contributed by atoms with Crippen molar-refractivity contribution in [1.29, 1.82) is 0 Å². The first-order valence-corrected chi connectivity index (χ1v) is 9.46. The predicted molar refractivity (Wildman–Crippen MR) is 104 cm³/mol. The predicted octanol–water partition coefficient (Wildman–Crippen LogP) is 3.72. The van der Waals surface area contributed by atoms with Crippen molar-refractivity contribution in [2.45, 2.75) is 51.8 Å². The highest BCUT2D eigenvalue weighted by Crippen LogP contribution is 2.18. The lowest BCUT2D eigenvalue weighted by Crippen LogP contribution is -2.26. The second-order valence-corrected chi connectivity index (χ2v) is 7.04. The SMILES string of the molecule is Cc1ccc(COc2ccc(CNCCCC(=O)NC3CC3)cc2)cc1. The minimum atomic E-state index is 0.185. The molecular weight excluding hydrogens is 324 g/mol. The molecule has 0 aromatic heterocycles. The van der Waals surface area contributed by atoms with Crippen LogP contribution in [0, 0.1) is 6.92 Å². The Bertz CT molecular complexity index is 691. The molecule has 1 amide bonds. The van der Waals surface area contributed by atoms with E-state index in [-0.39, 0.29) is 5.91 Å². The fourth-order valence-corrected chi connectivity index (χ4v) is 2.69. The molecule has 138 valence electrons. The molecule has 2 aromatic rings. The number of ether oxygens (including phenoxy) is 1. The molecule has 0 unspecified atom stereocenters. The van der Waals surface area contributed by atoms with Gasteiger partial charge in [-0.05, 0) is 56.0 Å². The summed E-state index contributed by atoms with van der Waals surface area (Å²) in [6, 6.07) is 17.0. The monoisotopic (exact) mass is 352 g/mol. The summed E-state index contributed by atoms with van der Waals surface area (Å²) < 4.78 is 5.83. The second-order valence-electron chi connectivity index (χ2n) is 7.04. The number of carbonyl (C=O) groups excluding carboxylic acids is 1. The smallest absolute Gasteiger partial charge is 0.220 e. The van der Waals surface area contributed by atoms with E-state index in [1.54, 1.807) is 0 Å². The summed E-state index contributed by atoms with van der Waals surface area (Å²) in [5.74, 6) is 1.07. The van der Waals surface area contributed by atoms with Crippen LogP contribution in [0.1, 0.15) is 42.4 Å². The van der Waals surface area contributed by atoms with Crippen molar-refractivity contribution >= 4 is 5.91 Å². The van der Waals surface area contributed by atoms with Crippen LogP contribution in [0.4, 0.5) is 0 Å². The Morgan fingerprint density at radius 1 is 1.04 bits per heavy atom. The molecule has 26 heavy (non-hydrogen) atoms. The highest BCUT2D eigenvalue weighted by molar-refractivity contribution is 5.76. The average Bonchev–Trinajstić information content (AvgIpc) is 3.46. The first kappa shape index (κ1) is 18.5. The third-order valence-electron chi connectivity index (χ3n) is 4.48. The van der Waals surface area contributed by atoms with E-state index in [1.807, 2.05) is 12.1 Å². The Hall–Kier alpha value is -2.33. The third-order valence-corrected chi connectivity index (χ3v) is 4.48. The van der Waals surface area contributed by atoms with Gasteiger partial charge in [-0.1, -0.05) is 42.0 Å². The van der Waals surface area contributed by atoms with Gasteiger partial charge in [-0.3, -0.25) is 4.79 Å². The molecule has 0 radical (unpaired) electrons. The fraction of sp³-hybridized carbons (Fsp3) is 0.409. The lowest BCUT2D eigenvalue weighted by atomic mass is 10.2. The molecule has 1 fully saturated rings. The van der Waals surface area contributed by atoms with Gasteiger partial charge in [0.2, 0.25) is 5.91 Å². The molecule has 3 rings (SSSR count). The van der Waals surface area contributed by atoms with Crippen molar-refractivity contribution in [1.82, 2.24) is 10.6 Å². The first-order valence-electron chi connectivity index (χ1n) is 9.46. The standard InChI is InChI=1S/C22H28N2O2/c1-17-4-6-19(7-5-17)16-26-21-12-8-18(9-13-21)15-23-14-2-3-22(25)24-20-10-11-20/h4-9,12-13,20,23H,2-3,10-11,14-16H2,1H3,(H,24,25). The van der Waals surface area contributed by atoms with Crippen LogP contribution in [0.3, 0.4) is 0 Å². The van der Waals surface area contributed by atoms with Crippen LogP contribution in [0.5, 0.6) is 5.75 Å². The molecular formula is C22H28N2O2. The zero-order valence-corrected chi connectivity index (χ0v) is 15.5. The average molecular weight is 352 g/mol. The number of rotatable bonds is 10. The summed E-state index contributed by atoms with van der Waals surface area (Å²) in [5.41, 5.74) is 3.65. The number of aryl methyl sites for hydroxylation is 1. The molecule has 4 nitrogen and oxygen atoms in total. The molecule has 0 aliphatic heterocycles. The number of hydrogen-bond donors (Lipinski definition) is 2. The van der Waals surface area contributed by atoms with Gasteiger partial charge < -0.3 is 15.4 Å². The molecule has 0 bridgehead atoms. The highest BCUT2D eigenvalue weighted by Gasteiger charge is 2.22. The van der Waals surface area contributed by atoms with E-state index in [2.05, 4.69) is 54.0 Å². The van der Waals surface area contributed by atoms with Crippen LogP contribution < -0.4 is 15.4 Å². The molecule has 2 N–H and O–H groups in total. The molecule has 1 aliphatic rings. The van der Waals surface area contributed by atoms with E-state index in [0.717, 1.165) is 38.1 Å². The Morgan fingerprint density at radius 2 is 1.73 bits per heavy atom. The van der Waals surface area contributed by atoms with Crippen molar-refractivity contribution in [2.75, 3.05) is 6.54 Å². The maximum atomic E-state index is 11.6. The van der Waals surface area contributed by atoms with E-state index >= 15 is 0 Å². The molecule has 2 aromatic carbocycles. The number of hydrogen-bond acceptors (Lipinski definition) is 3. The summed E-state index contributed by atoms with van der Waals surface area (Å²) in [6.45, 7) is 4.33. The van der Waals surface area contributed by atoms with Crippen molar-refractivity contribution in [3.63, 3.8) is 0 Å². The van der Waals surface area contributed by atoms with Crippen LogP contribution in [0.25, 0.3) is 0 Å². The largest absolute Gasteiger partial charge is 0.489 e. The Labute approximate surface area is 156 Å². The minimum absolute atomic E-state index is 0.185. The Kier molecular flexibility index (Phi) is 6.67. The molecule has 0 heterocycles. The maximum absolute atomic E-state index is 11.6. The van der Waals surface area contributed by atoms with Crippen molar-refractivity contribution in [3.05, 3.63) is 65.2 Å². The van der Waals surface area contributed by atoms with Crippen LogP contribution in [-0.4, -0.2) is 18.5 Å². The molecule has 4 heteroatoms. The summed E-state index contributed by atoms with van der Waals surface area (Å²) >= 11 is 0. The van der Waals surface area contributed by atoms with Crippen molar-refractivity contribution in [2.24, 2.45) is 0 Å². The quantitative estimate of drug-likeness (QED) is 0.641. The topological polar surface area (TPSA) is 50.4 Å². The number of benzene rings is 2. The van der Waals surface area contributed by atoms with Gasteiger partial charge in [0.05, 0.1) is 0 Å². The fourth-order valence-electron chi connectivity index (χ4n) is 2.69.